The summed E-state index contributed by atoms with van der Waals surface area (Å²) in [5.41, 5.74) is 3.33. The van der Waals surface area contributed by atoms with Crippen LogP contribution >= 0.6 is 35.7 Å². The number of guanidine groups is 1. The molecule has 2 N–H and O–H groups in total. The maximum absolute atomic E-state index is 13.4. The summed E-state index contributed by atoms with van der Waals surface area (Å²) in [7, 11) is 3.41. The molecule has 0 saturated carbocycles. The van der Waals surface area contributed by atoms with E-state index in [0.29, 0.717) is 6.54 Å². The SMILES string of the molecule is CN=C(NCCc1ccc(OC)cc1)NCc1ccc(F)cc1CSC.I. The monoisotopic (exact) mass is 503 g/mol. The molecule has 7 heteroatoms. The van der Waals surface area contributed by atoms with Gasteiger partial charge in [0.15, 0.2) is 5.96 Å². The Morgan fingerprint density at radius 1 is 1.11 bits per heavy atom. The molecule has 0 bridgehead atoms. The molecule has 0 amide bonds. The lowest BCUT2D eigenvalue weighted by Gasteiger charge is -2.14. The second-order valence-electron chi connectivity index (χ2n) is 5.80. The Kier molecular flexibility index (Phi) is 11.2. The van der Waals surface area contributed by atoms with Crippen molar-refractivity contribution in [2.24, 2.45) is 4.99 Å². The van der Waals surface area contributed by atoms with Crippen molar-refractivity contribution in [1.82, 2.24) is 10.6 Å². The minimum atomic E-state index is -0.195. The van der Waals surface area contributed by atoms with E-state index < -0.39 is 0 Å². The fourth-order valence-corrected chi connectivity index (χ4v) is 3.15. The molecule has 2 aromatic carbocycles. The lowest BCUT2D eigenvalue weighted by atomic mass is 10.1. The van der Waals surface area contributed by atoms with Gasteiger partial charge in [-0.15, -0.1) is 24.0 Å². The van der Waals surface area contributed by atoms with E-state index in [-0.39, 0.29) is 29.8 Å². The molecule has 27 heavy (non-hydrogen) atoms. The van der Waals surface area contributed by atoms with Gasteiger partial charge in [0, 0.05) is 25.9 Å². The normalized spacial score (nSPS) is 10.9. The van der Waals surface area contributed by atoms with Crippen LogP contribution in [0.25, 0.3) is 0 Å². The Balaban J connectivity index is 0.00000364. The highest BCUT2D eigenvalue weighted by molar-refractivity contribution is 14.0. The highest BCUT2D eigenvalue weighted by atomic mass is 127. The predicted octanol–water partition coefficient (Wildman–Crippen LogP) is 4.22. The van der Waals surface area contributed by atoms with Crippen molar-refractivity contribution in [3.05, 3.63) is 65.0 Å². The van der Waals surface area contributed by atoms with Gasteiger partial charge in [0.05, 0.1) is 7.11 Å². The Morgan fingerprint density at radius 2 is 1.85 bits per heavy atom. The standard InChI is InChI=1S/C20H26FN3OS.HI/c1-22-20(23-11-10-15-4-8-19(25-2)9-5-15)24-13-16-6-7-18(21)12-17(16)14-26-3;/h4-9,12H,10-11,13-14H2,1-3H3,(H2,22,23,24);1H. The number of nitrogens with zero attached hydrogens (tertiary/aromatic N) is 1. The minimum Gasteiger partial charge on any atom is -0.497 e. The summed E-state index contributed by atoms with van der Waals surface area (Å²) in [6.45, 7) is 1.38. The molecular formula is C20H27FIN3OS. The van der Waals surface area contributed by atoms with Gasteiger partial charge in [-0.25, -0.2) is 4.39 Å². The number of aliphatic imine (C=N–C) groups is 1. The van der Waals surface area contributed by atoms with Crippen LogP contribution < -0.4 is 15.4 Å². The maximum Gasteiger partial charge on any atom is 0.191 e. The molecule has 0 saturated heterocycles. The van der Waals surface area contributed by atoms with Gasteiger partial charge in [0.25, 0.3) is 0 Å². The highest BCUT2D eigenvalue weighted by Gasteiger charge is 2.05. The average molecular weight is 503 g/mol. The number of rotatable bonds is 8. The number of hydrogen-bond donors (Lipinski definition) is 2. The zero-order valence-electron chi connectivity index (χ0n) is 15.9. The largest absolute Gasteiger partial charge is 0.497 e. The van der Waals surface area contributed by atoms with E-state index in [1.54, 1.807) is 32.0 Å². The van der Waals surface area contributed by atoms with Gasteiger partial charge in [0.1, 0.15) is 11.6 Å². The van der Waals surface area contributed by atoms with E-state index in [1.807, 2.05) is 24.5 Å². The topological polar surface area (TPSA) is 45.7 Å². The maximum atomic E-state index is 13.4. The first-order valence-electron chi connectivity index (χ1n) is 8.50. The quantitative estimate of drug-likeness (QED) is 0.322. The molecule has 148 valence electrons. The summed E-state index contributed by atoms with van der Waals surface area (Å²) in [4.78, 5) is 4.25. The Labute approximate surface area is 182 Å². The van der Waals surface area contributed by atoms with E-state index >= 15 is 0 Å². The van der Waals surface area contributed by atoms with Gasteiger partial charge >= 0.3 is 0 Å². The van der Waals surface area contributed by atoms with Crippen LogP contribution in [0.3, 0.4) is 0 Å². The van der Waals surface area contributed by atoms with Gasteiger partial charge in [-0.05, 0) is 53.6 Å². The number of thioether (sulfide) groups is 1. The molecule has 2 aromatic rings. The Morgan fingerprint density at radius 3 is 2.48 bits per heavy atom. The van der Waals surface area contributed by atoms with Gasteiger partial charge < -0.3 is 15.4 Å². The molecule has 0 fully saturated rings. The number of nitrogens with one attached hydrogen (secondary N) is 2. The second-order valence-corrected chi connectivity index (χ2v) is 6.66. The van der Waals surface area contributed by atoms with Gasteiger partial charge in [0.2, 0.25) is 0 Å². The lowest BCUT2D eigenvalue weighted by molar-refractivity contribution is 0.414. The van der Waals surface area contributed by atoms with E-state index in [9.17, 15) is 4.39 Å². The molecular weight excluding hydrogens is 476 g/mol. The molecule has 0 aromatic heterocycles. The number of methoxy groups -OCH3 is 1. The Hall–Kier alpha value is -1.48. The van der Waals surface area contributed by atoms with Crippen molar-refractivity contribution in [3.63, 3.8) is 0 Å². The van der Waals surface area contributed by atoms with E-state index in [0.717, 1.165) is 41.6 Å². The van der Waals surface area contributed by atoms with Gasteiger partial charge in [-0.3, -0.25) is 4.99 Å². The number of hydrogen-bond acceptors (Lipinski definition) is 3. The lowest BCUT2D eigenvalue weighted by Crippen LogP contribution is -2.38. The summed E-state index contributed by atoms with van der Waals surface area (Å²) in [6, 6.07) is 13.0. The summed E-state index contributed by atoms with van der Waals surface area (Å²) in [6.07, 6.45) is 2.90. The number of halogens is 2. The number of ether oxygens (including phenoxy) is 1. The fraction of sp³-hybridized carbons (Fsp3) is 0.350. The first-order valence-corrected chi connectivity index (χ1v) is 9.89. The molecule has 0 spiro atoms. The van der Waals surface area contributed by atoms with Gasteiger partial charge in [-0.1, -0.05) is 18.2 Å². The van der Waals surface area contributed by atoms with Crippen molar-refractivity contribution in [3.8, 4) is 5.75 Å². The molecule has 0 aliphatic heterocycles. The minimum absolute atomic E-state index is 0. The van der Waals surface area contributed by atoms with Crippen molar-refractivity contribution >= 4 is 41.7 Å². The second kappa shape index (κ2) is 12.8. The van der Waals surface area contributed by atoms with Gasteiger partial charge in [-0.2, -0.15) is 11.8 Å². The third-order valence-corrected chi connectivity index (χ3v) is 4.60. The van der Waals surface area contributed by atoms with Crippen LogP contribution in [-0.4, -0.2) is 32.9 Å². The smallest absolute Gasteiger partial charge is 0.191 e. The molecule has 0 unspecified atom stereocenters. The van der Waals surface area contributed by atoms with Crippen LogP contribution in [0.1, 0.15) is 16.7 Å². The fourth-order valence-electron chi connectivity index (χ4n) is 2.57. The van der Waals surface area contributed by atoms with Crippen molar-refractivity contribution < 1.29 is 9.13 Å². The van der Waals surface area contributed by atoms with E-state index in [1.165, 1.54) is 11.6 Å². The molecule has 0 heterocycles. The highest BCUT2D eigenvalue weighted by Crippen LogP contribution is 2.16. The predicted molar refractivity (Wildman–Crippen MR) is 124 cm³/mol. The first-order chi connectivity index (χ1) is 12.7. The van der Waals surface area contributed by atoms with Crippen molar-refractivity contribution in [2.75, 3.05) is 27.0 Å². The van der Waals surface area contributed by atoms with Crippen molar-refractivity contribution in [1.29, 1.82) is 0 Å². The Bertz CT molecular complexity index is 726. The molecule has 0 aliphatic rings. The van der Waals surface area contributed by atoms with Crippen LogP contribution in [-0.2, 0) is 18.7 Å². The van der Waals surface area contributed by atoms with Crippen LogP contribution in [0, 0.1) is 5.82 Å². The summed E-state index contributed by atoms with van der Waals surface area (Å²) >= 11 is 1.68. The van der Waals surface area contributed by atoms with Crippen molar-refractivity contribution in [2.45, 2.75) is 18.7 Å². The van der Waals surface area contributed by atoms with Crippen LogP contribution in [0.15, 0.2) is 47.5 Å². The number of benzene rings is 2. The van der Waals surface area contributed by atoms with Crippen LogP contribution in [0.5, 0.6) is 5.75 Å². The van der Waals surface area contributed by atoms with Crippen LogP contribution in [0.4, 0.5) is 4.39 Å². The molecule has 2 rings (SSSR count). The molecule has 0 atom stereocenters. The summed E-state index contributed by atoms with van der Waals surface area (Å²) < 4.78 is 18.6. The van der Waals surface area contributed by atoms with E-state index in [4.69, 9.17) is 4.74 Å². The zero-order chi connectivity index (χ0) is 18.8. The first kappa shape index (κ1) is 23.6. The summed E-state index contributed by atoms with van der Waals surface area (Å²) in [5.74, 6) is 2.19. The van der Waals surface area contributed by atoms with E-state index in [2.05, 4.69) is 27.8 Å². The third-order valence-electron chi connectivity index (χ3n) is 4.00. The summed E-state index contributed by atoms with van der Waals surface area (Å²) in [5, 5.41) is 6.60. The molecule has 4 nitrogen and oxygen atoms in total. The van der Waals surface area contributed by atoms with Crippen LogP contribution in [0.2, 0.25) is 0 Å². The zero-order valence-corrected chi connectivity index (χ0v) is 19.1. The molecule has 0 radical (unpaired) electrons. The average Bonchev–Trinajstić information content (AvgIpc) is 2.66. The molecule has 0 aliphatic carbocycles. The third kappa shape index (κ3) is 7.96.